The minimum absolute atomic E-state index is 0.201. The van der Waals surface area contributed by atoms with Crippen LogP contribution < -0.4 is 11.1 Å². The topological polar surface area (TPSA) is 55.1 Å². The van der Waals surface area contributed by atoms with Crippen molar-refractivity contribution in [2.24, 2.45) is 0 Å². The third-order valence-corrected chi connectivity index (χ3v) is 3.92. The van der Waals surface area contributed by atoms with Gasteiger partial charge in [-0.15, -0.1) is 11.3 Å². The predicted octanol–water partition coefficient (Wildman–Crippen LogP) is 3.49. The van der Waals surface area contributed by atoms with Crippen LogP contribution in [-0.4, -0.2) is 5.91 Å². The van der Waals surface area contributed by atoms with Crippen molar-refractivity contribution in [1.29, 1.82) is 0 Å². The first-order valence-electron chi connectivity index (χ1n) is 6.11. The molecule has 0 saturated heterocycles. The second-order valence-electron chi connectivity index (χ2n) is 4.30. The van der Waals surface area contributed by atoms with Crippen LogP contribution in [0.1, 0.15) is 34.6 Å². The van der Waals surface area contributed by atoms with Crippen LogP contribution in [0.4, 0.5) is 14.5 Å². The number of benzene rings is 1. The number of halogens is 2. The van der Waals surface area contributed by atoms with Gasteiger partial charge in [0.05, 0.1) is 17.3 Å². The van der Waals surface area contributed by atoms with Crippen LogP contribution in [0.3, 0.4) is 0 Å². The minimum atomic E-state index is -0.921. The molecule has 1 amide bonds. The first-order valence-corrected chi connectivity index (χ1v) is 6.99. The zero-order chi connectivity index (χ0) is 14.7. The van der Waals surface area contributed by atoms with Gasteiger partial charge in [-0.05, 0) is 23.9 Å². The lowest BCUT2D eigenvalue weighted by Gasteiger charge is -2.16. The van der Waals surface area contributed by atoms with Crippen LogP contribution in [0.5, 0.6) is 0 Å². The number of thiophene rings is 1. The van der Waals surface area contributed by atoms with E-state index >= 15 is 0 Å². The molecule has 3 N–H and O–H groups in total. The van der Waals surface area contributed by atoms with E-state index in [-0.39, 0.29) is 17.3 Å². The van der Waals surface area contributed by atoms with Gasteiger partial charge in [0.2, 0.25) is 0 Å². The van der Waals surface area contributed by atoms with Gasteiger partial charge in [0, 0.05) is 10.9 Å². The molecular weight excluding hydrogens is 282 g/mol. The van der Waals surface area contributed by atoms with E-state index in [0.717, 1.165) is 10.9 Å². The number of amides is 1. The summed E-state index contributed by atoms with van der Waals surface area (Å²) in [5.74, 6) is -2.39. The number of anilines is 1. The third-order valence-electron chi connectivity index (χ3n) is 2.93. The maximum absolute atomic E-state index is 13.6. The molecule has 0 saturated carbocycles. The second kappa shape index (κ2) is 6.00. The number of hydrogen-bond donors (Lipinski definition) is 2. The minimum Gasteiger partial charge on any atom is -0.396 e. The van der Waals surface area contributed by atoms with E-state index in [4.69, 9.17) is 5.73 Å². The van der Waals surface area contributed by atoms with Crippen LogP contribution in [0.15, 0.2) is 29.6 Å². The van der Waals surface area contributed by atoms with Crippen molar-refractivity contribution in [3.63, 3.8) is 0 Å². The van der Waals surface area contributed by atoms with Crippen LogP contribution in [0.25, 0.3) is 0 Å². The van der Waals surface area contributed by atoms with E-state index in [1.54, 1.807) is 0 Å². The van der Waals surface area contributed by atoms with Gasteiger partial charge in [-0.1, -0.05) is 13.0 Å². The molecule has 0 aliphatic rings. The van der Waals surface area contributed by atoms with E-state index in [1.165, 1.54) is 11.3 Å². The van der Waals surface area contributed by atoms with Crippen LogP contribution >= 0.6 is 11.3 Å². The van der Waals surface area contributed by atoms with E-state index in [0.29, 0.717) is 12.5 Å². The lowest BCUT2D eigenvalue weighted by molar-refractivity contribution is 0.0932. The average Bonchev–Trinajstić information content (AvgIpc) is 2.93. The van der Waals surface area contributed by atoms with Crippen molar-refractivity contribution in [3.05, 3.63) is 51.7 Å². The van der Waals surface area contributed by atoms with E-state index in [1.807, 2.05) is 24.4 Å². The Kier molecular flexibility index (Phi) is 4.34. The van der Waals surface area contributed by atoms with E-state index in [2.05, 4.69) is 5.32 Å². The fraction of sp³-hybridized carbons (Fsp3) is 0.214. The monoisotopic (exact) mass is 296 g/mol. The molecule has 0 spiro atoms. The molecule has 20 heavy (non-hydrogen) atoms. The summed E-state index contributed by atoms with van der Waals surface area (Å²) in [4.78, 5) is 13.1. The summed E-state index contributed by atoms with van der Waals surface area (Å²) in [7, 11) is 0. The number of carbonyl (C=O) groups excluding carboxylic acids is 1. The Morgan fingerprint density at radius 3 is 2.75 bits per heavy atom. The van der Waals surface area contributed by atoms with Gasteiger partial charge in [-0.3, -0.25) is 4.79 Å². The molecule has 0 fully saturated rings. The van der Waals surface area contributed by atoms with Crippen LogP contribution in [0.2, 0.25) is 0 Å². The summed E-state index contributed by atoms with van der Waals surface area (Å²) in [6, 6.07) is 5.21. The smallest absolute Gasteiger partial charge is 0.254 e. The Hall–Kier alpha value is -1.95. The molecule has 1 heterocycles. The fourth-order valence-electron chi connectivity index (χ4n) is 1.84. The Morgan fingerprint density at radius 1 is 1.40 bits per heavy atom. The normalized spacial score (nSPS) is 12.2. The lowest BCUT2D eigenvalue weighted by Crippen LogP contribution is -2.28. The van der Waals surface area contributed by atoms with Crippen molar-refractivity contribution in [2.45, 2.75) is 19.4 Å². The molecule has 3 nitrogen and oxygen atoms in total. The number of nitrogens with two attached hydrogens (primary N) is 1. The van der Waals surface area contributed by atoms with Crippen LogP contribution in [-0.2, 0) is 0 Å². The third kappa shape index (κ3) is 2.96. The van der Waals surface area contributed by atoms with Gasteiger partial charge >= 0.3 is 0 Å². The molecule has 0 radical (unpaired) electrons. The summed E-state index contributed by atoms with van der Waals surface area (Å²) in [5, 5.41) is 4.63. The van der Waals surface area contributed by atoms with E-state index < -0.39 is 17.5 Å². The summed E-state index contributed by atoms with van der Waals surface area (Å²) in [6.45, 7) is 1.92. The van der Waals surface area contributed by atoms with Gasteiger partial charge in [-0.25, -0.2) is 8.78 Å². The highest BCUT2D eigenvalue weighted by Crippen LogP contribution is 2.23. The van der Waals surface area contributed by atoms with Crippen molar-refractivity contribution in [1.82, 2.24) is 5.32 Å². The highest BCUT2D eigenvalue weighted by Gasteiger charge is 2.19. The van der Waals surface area contributed by atoms with Gasteiger partial charge in [0.25, 0.3) is 5.91 Å². The Morgan fingerprint density at radius 2 is 2.15 bits per heavy atom. The van der Waals surface area contributed by atoms with E-state index in [9.17, 15) is 13.6 Å². The van der Waals surface area contributed by atoms with Gasteiger partial charge in [0.1, 0.15) is 11.6 Å². The molecule has 6 heteroatoms. The highest BCUT2D eigenvalue weighted by molar-refractivity contribution is 7.10. The number of nitrogens with one attached hydrogen (secondary N) is 1. The SMILES string of the molecule is CCC(NC(=O)c1cc(N)c(F)cc1F)c1cccs1. The molecular formula is C14H14F2N2OS. The fourth-order valence-corrected chi connectivity index (χ4v) is 2.70. The molecule has 1 atom stereocenters. The first-order chi connectivity index (χ1) is 9.52. The Bertz CT molecular complexity index is 614. The molecule has 1 unspecified atom stereocenters. The molecule has 2 aromatic rings. The summed E-state index contributed by atoms with van der Waals surface area (Å²) < 4.78 is 26.7. The number of hydrogen-bond acceptors (Lipinski definition) is 3. The lowest BCUT2D eigenvalue weighted by atomic mass is 10.1. The van der Waals surface area contributed by atoms with Crippen molar-refractivity contribution >= 4 is 22.9 Å². The number of carbonyl (C=O) groups is 1. The molecule has 0 aliphatic carbocycles. The van der Waals surface area contributed by atoms with Gasteiger partial charge < -0.3 is 11.1 Å². The average molecular weight is 296 g/mol. The standard InChI is InChI=1S/C14H14F2N2OS/c1-2-12(13-4-3-5-20-13)18-14(19)8-6-11(17)10(16)7-9(8)15/h3-7,12H,2,17H2,1H3,(H,18,19). The predicted molar refractivity (Wildman–Crippen MR) is 75.6 cm³/mol. The Labute approximate surface area is 119 Å². The van der Waals surface area contributed by atoms with Crippen molar-refractivity contribution < 1.29 is 13.6 Å². The maximum Gasteiger partial charge on any atom is 0.254 e. The number of rotatable bonds is 4. The second-order valence-corrected chi connectivity index (χ2v) is 5.28. The van der Waals surface area contributed by atoms with Crippen molar-refractivity contribution in [3.8, 4) is 0 Å². The summed E-state index contributed by atoms with van der Waals surface area (Å²) in [5.41, 5.74) is 4.87. The molecule has 1 aromatic heterocycles. The largest absolute Gasteiger partial charge is 0.396 e. The van der Waals surface area contributed by atoms with Gasteiger partial charge in [0.15, 0.2) is 0 Å². The maximum atomic E-state index is 13.6. The Balaban J connectivity index is 2.21. The van der Waals surface area contributed by atoms with Crippen molar-refractivity contribution in [2.75, 3.05) is 5.73 Å². The number of nitrogen functional groups attached to an aromatic ring is 1. The molecule has 1 aromatic carbocycles. The quantitative estimate of drug-likeness (QED) is 0.849. The zero-order valence-corrected chi connectivity index (χ0v) is 11.6. The van der Waals surface area contributed by atoms with Gasteiger partial charge in [-0.2, -0.15) is 0 Å². The summed E-state index contributed by atoms with van der Waals surface area (Å²) >= 11 is 1.51. The van der Waals surface area contributed by atoms with Crippen LogP contribution in [0, 0.1) is 11.6 Å². The molecule has 106 valence electrons. The first kappa shape index (κ1) is 14.5. The molecule has 2 rings (SSSR count). The highest BCUT2D eigenvalue weighted by atomic mass is 32.1. The molecule has 0 bridgehead atoms. The zero-order valence-electron chi connectivity index (χ0n) is 10.8. The summed E-state index contributed by atoms with van der Waals surface area (Å²) in [6.07, 6.45) is 0.671. The molecule has 0 aliphatic heterocycles.